The van der Waals surface area contributed by atoms with Crippen LogP contribution in [0.1, 0.15) is 12.0 Å². The molecule has 1 atom stereocenters. The number of nitrogens with one attached hydrogen (secondary N) is 1. The minimum atomic E-state index is -0.588. The third-order valence-corrected chi connectivity index (χ3v) is 5.53. The van der Waals surface area contributed by atoms with Gasteiger partial charge in [-0.1, -0.05) is 22.0 Å². The predicted molar refractivity (Wildman–Crippen MR) is 113 cm³/mol. The molecule has 0 saturated carbocycles. The summed E-state index contributed by atoms with van der Waals surface area (Å²) in [6.07, 6.45) is 0.0695. The average molecular weight is 510 g/mol. The third kappa shape index (κ3) is 4.99. The predicted octanol–water partition coefficient (Wildman–Crippen LogP) is 4.05. The lowest BCUT2D eigenvalue weighted by atomic mass is 10.1. The van der Waals surface area contributed by atoms with E-state index in [0.29, 0.717) is 5.69 Å². The maximum absolute atomic E-state index is 12.3. The Morgan fingerprint density at radius 3 is 2.57 bits per heavy atom. The molecule has 1 N–H and O–H groups in total. The number of ether oxygens (including phenoxy) is 1. The number of benzene rings is 2. The quantitative estimate of drug-likeness (QED) is 0.617. The van der Waals surface area contributed by atoms with Crippen LogP contribution >= 0.6 is 31.9 Å². The lowest BCUT2D eigenvalue weighted by Gasteiger charge is -2.16. The van der Waals surface area contributed by atoms with Crippen LogP contribution in [-0.2, 0) is 19.1 Å². The van der Waals surface area contributed by atoms with Crippen LogP contribution in [0, 0.1) is 12.8 Å². The monoisotopic (exact) mass is 508 g/mol. The molecule has 28 heavy (non-hydrogen) atoms. The number of esters is 1. The first-order valence-electron chi connectivity index (χ1n) is 8.62. The van der Waals surface area contributed by atoms with Gasteiger partial charge in [0.25, 0.3) is 5.91 Å². The number of halogens is 2. The largest absolute Gasteiger partial charge is 0.455 e. The Morgan fingerprint density at radius 2 is 1.89 bits per heavy atom. The van der Waals surface area contributed by atoms with Crippen molar-refractivity contribution in [2.45, 2.75) is 13.3 Å². The molecule has 0 bridgehead atoms. The first-order valence-corrected chi connectivity index (χ1v) is 10.2. The van der Waals surface area contributed by atoms with Gasteiger partial charge < -0.3 is 15.0 Å². The smallest absolute Gasteiger partial charge is 0.311 e. The topological polar surface area (TPSA) is 75.7 Å². The molecule has 6 nitrogen and oxygen atoms in total. The zero-order valence-electron chi connectivity index (χ0n) is 15.1. The molecule has 1 unspecified atom stereocenters. The van der Waals surface area contributed by atoms with Gasteiger partial charge in [0.1, 0.15) is 0 Å². The molecule has 2 aromatic rings. The van der Waals surface area contributed by atoms with Gasteiger partial charge in [-0.15, -0.1) is 0 Å². The Bertz CT molecular complexity index is 915. The number of anilines is 2. The Kier molecular flexibility index (Phi) is 6.51. The van der Waals surface area contributed by atoms with Crippen molar-refractivity contribution in [2.24, 2.45) is 5.92 Å². The van der Waals surface area contributed by atoms with Crippen molar-refractivity contribution in [3.05, 3.63) is 57.0 Å². The molecule has 1 aliphatic rings. The molecular weight excluding hydrogens is 492 g/mol. The fourth-order valence-corrected chi connectivity index (χ4v) is 3.76. The van der Waals surface area contributed by atoms with Crippen LogP contribution in [-0.4, -0.2) is 30.9 Å². The van der Waals surface area contributed by atoms with Gasteiger partial charge in [0.2, 0.25) is 5.91 Å². The summed E-state index contributed by atoms with van der Waals surface area (Å²) >= 11 is 6.73. The molecule has 8 heteroatoms. The maximum Gasteiger partial charge on any atom is 0.311 e. The lowest BCUT2D eigenvalue weighted by Crippen LogP contribution is -2.28. The number of rotatable bonds is 5. The molecule has 0 radical (unpaired) electrons. The van der Waals surface area contributed by atoms with Gasteiger partial charge in [-0.05, 0) is 64.8 Å². The summed E-state index contributed by atoms with van der Waals surface area (Å²) < 4.78 is 6.78. The highest BCUT2D eigenvalue weighted by atomic mass is 79.9. The van der Waals surface area contributed by atoms with Gasteiger partial charge >= 0.3 is 5.97 Å². The molecule has 0 spiro atoms. The van der Waals surface area contributed by atoms with Crippen LogP contribution in [0.4, 0.5) is 11.4 Å². The van der Waals surface area contributed by atoms with Crippen LogP contribution in [0.25, 0.3) is 0 Å². The van der Waals surface area contributed by atoms with Gasteiger partial charge in [0.15, 0.2) is 6.61 Å². The minimum Gasteiger partial charge on any atom is -0.455 e. The Balaban J connectivity index is 1.53. The number of hydrogen-bond acceptors (Lipinski definition) is 4. The number of amides is 2. The van der Waals surface area contributed by atoms with Crippen LogP contribution in [0.2, 0.25) is 0 Å². The van der Waals surface area contributed by atoms with E-state index in [2.05, 4.69) is 37.2 Å². The summed E-state index contributed by atoms with van der Waals surface area (Å²) in [5, 5.41) is 2.69. The molecule has 0 aliphatic carbocycles. The fraction of sp³-hybridized carbons (Fsp3) is 0.250. The van der Waals surface area contributed by atoms with Gasteiger partial charge in [-0.2, -0.15) is 0 Å². The number of aryl methyl sites for hydroxylation is 1. The summed E-state index contributed by atoms with van der Waals surface area (Å²) in [5.74, 6) is -1.72. The first kappa shape index (κ1) is 20.5. The van der Waals surface area contributed by atoms with E-state index in [1.807, 2.05) is 43.3 Å². The van der Waals surface area contributed by atoms with E-state index < -0.39 is 24.4 Å². The molecule has 1 aliphatic heterocycles. The minimum absolute atomic E-state index is 0.0695. The van der Waals surface area contributed by atoms with Gasteiger partial charge in [-0.3, -0.25) is 14.4 Å². The van der Waals surface area contributed by atoms with Gasteiger partial charge in [-0.25, -0.2) is 0 Å². The molecule has 2 aromatic carbocycles. The van der Waals surface area contributed by atoms with E-state index >= 15 is 0 Å². The van der Waals surface area contributed by atoms with Crippen molar-refractivity contribution < 1.29 is 19.1 Å². The molecule has 3 rings (SSSR count). The third-order valence-electron chi connectivity index (χ3n) is 4.34. The second-order valence-corrected chi connectivity index (χ2v) is 8.29. The zero-order chi connectivity index (χ0) is 20.3. The van der Waals surface area contributed by atoms with Crippen molar-refractivity contribution in [1.29, 1.82) is 0 Å². The fourth-order valence-electron chi connectivity index (χ4n) is 2.90. The Morgan fingerprint density at radius 1 is 1.18 bits per heavy atom. The highest BCUT2D eigenvalue weighted by Gasteiger charge is 2.36. The number of hydrogen-bond donors (Lipinski definition) is 1. The van der Waals surface area contributed by atoms with Crippen LogP contribution in [0.5, 0.6) is 0 Å². The lowest BCUT2D eigenvalue weighted by molar-refractivity contribution is -0.151. The molecule has 0 aromatic heterocycles. The molecule has 1 saturated heterocycles. The summed E-state index contributed by atoms with van der Waals surface area (Å²) in [4.78, 5) is 38.2. The number of carbonyl (C=O) groups is 3. The van der Waals surface area contributed by atoms with E-state index in [-0.39, 0.29) is 18.9 Å². The summed E-state index contributed by atoms with van der Waals surface area (Å²) in [6, 6.07) is 12.8. The highest BCUT2D eigenvalue weighted by molar-refractivity contribution is 9.10. The molecule has 2 amide bonds. The van der Waals surface area contributed by atoms with Crippen molar-refractivity contribution in [1.82, 2.24) is 0 Å². The van der Waals surface area contributed by atoms with Crippen molar-refractivity contribution in [2.75, 3.05) is 23.4 Å². The normalized spacial score (nSPS) is 16.2. The van der Waals surface area contributed by atoms with Crippen LogP contribution in [0.3, 0.4) is 0 Å². The van der Waals surface area contributed by atoms with E-state index in [9.17, 15) is 14.4 Å². The Labute approximate surface area is 179 Å². The summed E-state index contributed by atoms with van der Waals surface area (Å²) in [7, 11) is 0. The second-order valence-electron chi connectivity index (χ2n) is 6.52. The molecule has 1 fully saturated rings. The van der Waals surface area contributed by atoms with E-state index in [0.717, 1.165) is 20.2 Å². The standard InChI is InChI=1S/C20H18Br2N2O4/c1-12-2-7-17(16(22)8-12)23-18(25)11-28-20(27)13-9-19(26)24(10-13)15-5-3-14(21)4-6-15/h2-8,13H,9-11H2,1H3,(H,23,25). The average Bonchev–Trinajstić information content (AvgIpc) is 3.04. The highest BCUT2D eigenvalue weighted by Crippen LogP contribution is 2.27. The van der Waals surface area contributed by atoms with Gasteiger partial charge in [0.05, 0.1) is 11.6 Å². The van der Waals surface area contributed by atoms with Crippen LogP contribution in [0.15, 0.2) is 51.4 Å². The molecule has 146 valence electrons. The molecule has 1 heterocycles. The summed E-state index contributed by atoms with van der Waals surface area (Å²) in [5.41, 5.74) is 2.38. The van der Waals surface area contributed by atoms with Crippen molar-refractivity contribution >= 4 is 61.0 Å². The second kappa shape index (κ2) is 8.87. The number of nitrogens with zero attached hydrogens (tertiary/aromatic N) is 1. The first-order chi connectivity index (χ1) is 13.3. The van der Waals surface area contributed by atoms with E-state index in [1.165, 1.54) is 0 Å². The van der Waals surface area contributed by atoms with Crippen molar-refractivity contribution in [3.63, 3.8) is 0 Å². The zero-order valence-corrected chi connectivity index (χ0v) is 18.2. The van der Waals surface area contributed by atoms with Gasteiger partial charge in [0, 0.05) is 27.6 Å². The van der Waals surface area contributed by atoms with Crippen LogP contribution < -0.4 is 10.2 Å². The van der Waals surface area contributed by atoms with E-state index in [4.69, 9.17) is 4.74 Å². The Hall–Kier alpha value is -2.19. The summed E-state index contributed by atoms with van der Waals surface area (Å²) in [6.45, 7) is 1.78. The maximum atomic E-state index is 12.3. The molecular formula is C20H18Br2N2O4. The number of carbonyl (C=O) groups excluding carboxylic acids is 3. The van der Waals surface area contributed by atoms with E-state index in [1.54, 1.807) is 11.0 Å². The van der Waals surface area contributed by atoms with Crippen molar-refractivity contribution in [3.8, 4) is 0 Å². The SMILES string of the molecule is Cc1ccc(NC(=O)COC(=O)C2CC(=O)N(c3ccc(Br)cc3)C2)c(Br)c1.